The van der Waals surface area contributed by atoms with E-state index in [1.54, 1.807) is 6.07 Å². The van der Waals surface area contributed by atoms with Gasteiger partial charge in [0.2, 0.25) is 0 Å². The Labute approximate surface area is 105 Å². The number of hydrogen-bond acceptors (Lipinski definition) is 3. The molecule has 0 N–H and O–H groups in total. The van der Waals surface area contributed by atoms with Gasteiger partial charge in [0.1, 0.15) is 11.2 Å². The summed E-state index contributed by atoms with van der Waals surface area (Å²) in [6.07, 6.45) is 1.06. The van der Waals surface area contributed by atoms with Crippen molar-refractivity contribution in [1.82, 2.24) is 4.98 Å². The predicted molar refractivity (Wildman–Crippen MR) is 63.4 cm³/mol. The summed E-state index contributed by atoms with van der Waals surface area (Å²) in [5.74, 6) is 0. The largest absolute Gasteiger partial charge is 0.306 e. The summed E-state index contributed by atoms with van der Waals surface area (Å²) >= 11 is 17.6. The molecule has 0 aliphatic rings. The van der Waals surface area contributed by atoms with Crippen molar-refractivity contribution in [1.29, 1.82) is 0 Å². The lowest BCUT2D eigenvalue weighted by molar-refractivity contribution is -0.384. The molecule has 1 heterocycles. The highest BCUT2D eigenvalue weighted by atomic mass is 35.5. The van der Waals surface area contributed by atoms with Gasteiger partial charge in [0.15, 0.2) is 0 Å². The molecule has 4 nitrogen and oxygen atoms in total. The van der Waals surface area contributed by atoms with Crippen molar-refractivity contribution in [2.24, 2.45) is 0 Å². The van der Waals surface area contributed by atoms with Gasteiger partial charge in [0.05, 0.1) is 20.5 Å². The quantitative estimate of drug-likeness (QED) is 0.582. The van der Waals surface area contributed by atoms with Crippen molar-refractivity contribution >= 4 is 51.4 Å². The Balaban J connectivity index is 2.87. The van der Waals surface area contributed by atoms with Crippen LogP contribution in [0.3, 0.4) is 0 Å². The van der Waals surface area contributed by atoms with E-state index < -0.39 is 4.92 Å². The van der Waals surface area contributed by atoms with Gasteiger partial charge < -0.3 is 0 Å². The first-order chi connectivity index (χ1) is 7.52. The minimum Gasteiger partial charge on any atom is -0.258 e. The molecule has 1 aromatic heterocycles. The molecule has 0 aliphatic carbocycles. The van der Waals surface area contributed by atoms with Crippen LogP contribution in [0, 0.1) is 10.1 Å². The Morgan fingerprint density at radius 3 is 2.50 bits per heavy atom. The van der Waals surface area contributed by atoms with E-state index in [0.717, 1.165) is 6.20 Å². The lowest BCUT2D eigenvalue weighted by atomic mass is 10.2. The molecule has 0 saturated heterocycles. The average molecular weight is 277 g/mol. The monoisotopic (exact) mass is 276 g/mol. The van der Waals surface area contributed by atoms with Gasteiger partial charge in [-0.1, -0.05) is 34.8 Å². The van der Waals surface area contributed by atoms with E-state index in [1.165, 1.54) is 6.07 Å². The van der Waals surface area contributed by atoms with Crippen LogP contribution in [0.25, 0.3) is 10.9 Å². The first kappa shape index (κ1) is 11.4. The van der Waals surface area contributed by atoms with Crippen molar-refractivity contribution in [2.45, 2.75) is 0 Å². The van der Waals surface area contributed by atoms with Crippen LogP contribution in [-0.2, 0) is 0 Å². The fraction of sp³-hybridized carbons (Fsp3) is 0. The zero-order valence-corrected chi connectivity index (χ0v) is 9.84. The molecule has 0 aliphatic heterocycles. The molecule has 0 saturated carbocycles. The molecule has 16 heavy (non-hydrogen) atoms. The van der Waals surface area contributed by atoms with Crippen molar-refractivity contribution in [3.63, 3.8) is 0 Å². The normalized spacial score (nSPS) is 10.7. The van der Waals surface area contributed by atoms with E-state index in [4.69, 9.17) is 34.8 Å². The number of nitro groups is 1. The number of hydrogen-bond donors (Lipinski definition) is 0. The van der Waals surface area contributed by atoms with Crippen molar-refractivity contribution in [2.75, 3.05) is 0 Å². The third-order valence-electron chi connectivity index (χ3n) is 2.04. The smallest absolute Gasteiger partial charge is 0.258 e. The first-order valence-electron chi connectivity index (χ1n) is 4.09. The third-order valence-corrected chi connectivity index (χ3v) is 3.23. The van der Waals surface area contributed by atoms with E-state index in [-0.39, 0.29) is 15.7 Å². The van der Waals surface area contributed by atoms with Crippen LogP contribution < -0.4 is 0 Å². The highest BCUT2D eigenvalue weighted by Gasteiger charge is 2.18. The highest BCUT2D eigenvalue weighted by Crippen LogP contribution is 2.36. The summed E-state index contributed by atoms with van der Waals surface area (Å²) in [6, 6.07) is 3.06. The Hall–Kier alpha value is -1.10. The number of halogens is 3. The summed E-state index contributed by atoms with van der Waals surface area (Å²) in [6.45, 7) is 0. The molecule has 2 aromatic rings. The second kappa shape index (κ2) is 4.05. The van der Waals surface area contributed by atoms with E-state index >= 15 is 0 Å². The fourth-order valence-corrected chi connectivity index (χ4v) is 1.93. The summed E-state index contributed by atoms with van der Waals surface area (Å²) in [4.78, 5) is 13.9. The molecule has 2 rings (SSSR count). The third kappa shape index (κ3) is 1.69. The molecule has 7 heteroatoms. The Kier molecular flexibility index (Phi) is 2.88. The van der Waals surface area contributed by atoms with Gasteiger partial charge in [-0.3, -0.25) is 10.1 Å². The maximum Gasteiger partial charge on any atom is 0.306 e. The predicted octanol–water partition coefficient (Wildman–Crippen LogP) is 4.10. The molecule has 82 valence electrons. The number of benzene rings is 1. The van der Waals surface area contributed by atoms with E-state index in [0.29, 0.717) is 15.9 Å². The standard InChI is InChI=1S/C9H3Cl3N2O2/c10-5-2-1-4-7(11)6(14(15)16)3-13-9(4)8(5)12/h1-3H. The molecule has 0 unspecified atom stereocenters. The lowest BCUT2D eigenvalue weighted by Crippen LogP contribution is -1.92. The van der Waals surface area contributed by atoms with Crippen LogP contribution in [0.2, 0.25) is 15.1 Å². The van der Waals surface area contributed by atoms with Gasteiger partial charge in [-0.15, -0.1) is 0 Å². The Bertz CT molecular complexity index is 601. The SMILES string of the molecule is O=[N+]([O-])c1cnc2c(Cl)c(Cl)ccc2c1Cl. The number of fused-ring (bicyclic) bond motifs is 1. The van der Waals surface area contributed by atoms with E-state index in [1.807, 2.05) is 0 Å². The topological polar surface area (TPSA) is 56.0 Å². The Morgan fingerprint density at radius 1 is 1.19 bits per heavy atom. The summed E-state index contributed by atoms with van der Waals surface area (Å²) in [7, 11) is 0. The molecule has 0 spiro atoms. The van der Waals surface area contributed by atoms with Crippen LogP contribution in [0.4, 0.5) is 5.69 Å². The van der Waals surface area contributed by atoms with Gasteiger partial charge in [-0.25, -0.2) is 4.98 Å². The molecular weight excluding hydrogens is 274 g/mol. The van der Waals surface area contributed by atoms with Gasteiger partial charge in [-0.2, -0.15) is 0 Å². The zero-order valence-electron chi connectivity index (χ0n) is 7.58. The summed E-state index contributed by atoms with van der Waals surface area (Å²) in [5, 5.41) is 11.6. The van der Waals surface area contributed by atoms with Gasteiger partial charge >= 0.3 is 5.69 Å². The van der Waals surface area contributed by atoms with Crippen molar-refractivity contribution in [3.8, 4) is 0 Å². The minimum absolute atomic E-state index is 0.00793. The van der Waals surface area contributed by atoms with Gasteiger partial charge in [0.25, 0.3) is 0 Å². The number of pyridine rings is 1. The lowest BCUT2D eigenvalue weighted by Gasteiger charge is -2.03. The molecule has 0 radical (unpaired) electrons. The average Bonchev–Trinajstić information content (AvgIpc) is 2.23. The fourth-order valence-electron chi connectivity index (χ4n) is 1.29. The number of aromatic nitrogens is 1. The first-order valence-corrected chi connectivity index (χ1v) is 5.22. The maximum atomic E-state index is 10.6. The molecule has 0 fully saturated rings. The molecule has 0 bridgehead atoms. The molecule has 1 aromatic carbocycles. The van der Waals surface area contributed by atoms with Crippen molar-refractivity contribution < 1.29 is 4.92 Å². The van der Waals surface area contributed by atoms with Crippen LogP contribution in [0.1, 0.15) is 0 Å². The van der Waals surface area contributed by atoms with Crippen LogP contribution >= 0.6 is 34.8 Å². The maximum absolute atomic E-state index is 10.6. The molecule has 0 amide bonds. The highest BCUT2D eigenvalue weighted by molar-refractivity contribution is 6.46. The van der Waals surface area contributed by atoms with E-state index in [9.17, 15) is 10.1 Å². The Morgan fingerprint density at radius 2 is 1.88 bits per heavy atom. The van der Waals surface area contributed by atoms with Crippen molar-refractivity contribution in [3.05, 3.63) is 43.5 Å². The number of nitrogens with zero attached hydrogens (tertiary/aromatic N) is 2. The molecule has 0 atom stereocenters. The minimum atomic E-state index is -0.600. The number of rotatable bonds is 1. The summed E-state index contributed by atoms with van der Waals surface area (Å²) in [5.41, 5.74) is 0.0947. The second-order valence-corrected chi connectivity index (χ2v) is 4.14. The van der Waals surface area contributed by atoms with Crippen LogP contribution in [0.5, 0.6) is 0 Å². The van der Waals surface area contributed by atoms with Gasteiger partial charge in [-0.05, 0) is 12.1 Å². The van der Waals surface area contributed by atoms with E-state index in [2.05, 4.69) is 4.98 Å². The van der Waals surface area contributed by atoms with Crippen LogP contribution in [-0.4, -0.2) is 9.91 Å². The molecular formula is C9H3Cl3N2O2. The van der Waals surface area contributed by atoms with Gasteiger partial charge in [0, 0.05) is 5.39 Å². The van der Waals surface area contributed by atoms with Crippen LogP contribution in [0.15, 0.2) is 18.3 Å². The zero-order chi connectivity index (χ0) is 11.9. The summed E-state index contributed by atoms with van der Waals surface area (Å²) < 4.78 is 0. The second-order valence-electron chi connectivity index (χ2n) is 2.97.